The Labute approximate surface area is 207 Å². The molecule has 4 unspecified atom stereocenters. The van der Waals surface area contributed by atoms with Crippen LogP contribution in [-0.4, -0.2) is 63.6 Å². The molecule has 1 aromatic carbocycles. The number of hydrazine groups is 1. The summed E-state index contributed by atoms with van der Waals surface area (Å²) in [5.41, 5.74) is 11.7. The summed E-state index contributed by atoms with van der Waals surface area (Å²) in [7, 11) is 0. The first-order valence-electron chi connectivity index (χ1n) is 13.6. The normalized spacial score (nSPS) is 29.4. The summed E-state index contributed by atoms with van der Waals surface area (Å²) in [6.45, 7) is 8.98. The van der Waals surface area contributed by atoms with E-state index in [4.69, 9.17) is 4.98 Å². The summed E-state index contributed by atoms with van der Waals surface area (Å²) in [6.07, 6.45) is 7.59. The number of phenolic OH excluding ortho intramolecular Hbond substituents is 1. The molecule has 4 aliphatic rings. The summed E-state index contributed by atoms with van der Waals surface area (Å²) in [5.74, 6) is 1.10. The maximum absolute atomic E-state index is 14.2. The highest BCUT2D eigenvalue weighted by Gasteiger charge is 2.43. The van der Waals surface area contributed by atoms with E-state index in [9.17, 15) is 9.50 Å². The lowest BCUT2D eigenvalue weighted by Gasteiger charge is -2.33. The molecule has 1 aliphatic carbocycles. The first-order valence-corrected chi connectivity index (χ1v) is 13.6. The number of aromatic nitrogens is 2. The Morgan fingerprint density at radius 2 is 1.91 bits per heavy atom. The van der Waals surface area contributed by atoms with Gasteiger partial charge in [-0.25, -0.2) is 14.8 Å². The fourth-order valence-electron chi connectivity index (χ4n) is 6.92. The third-order valence-corrected chi connectivity index (χ3v) is 8.94. The van der Waals surface area contributed by atoms with Gasteiger partial charge in [0.25, 0.3) is 0 Å². The van der Waals surface area contributed by atoms with E-state index in [1.165, 1.54) is 43.9 Å². The molecule has 4 heterocycles. The van der Waals surface area contributed by atoms with Gasteiger partial charge in [-0.2, -0.15) is 0 Å². The predicted molar refractivity (Wildman–Crippen MR) is 134 cm³/mol. The van der Waals surface area contributed by atoms with Crippen molar-refractivity contribution in [3.63, 3.8) is 0 Å². The van der Waals surface area contributed by atoms with Gasteiger partial charge < -0.3 is 15.0 Å². The lowest BCUT2D eigenvalue weighted by molar-refractivity contribution is 0.209. The molecule has 8 heteroatoms. The van der Waals surface area contributed by atoms with Crippen LogP contribution in [0.3, 0.4) is 0 Å². The molecule has 2 saturated heterocycles. The van der Waals surface area contributed by atoms with Crippen LogP contribution in [0.1, 0.15) is 79.3 Å². The quantitative estimate of drug-likeness (QED) is 0.506. The Hall–Kier alpha value is -2.00. The standard InChI is InChI=1S/C27H39FN6O/c1-2-17-14-25(35)21(28)15-20(17)18-5-6-19-23(13-18)31-32-26(19)27-29-22-7-10-34(16-24(22)30-27)12-11-33-8-3-4-9-33/h14-15,18-19,23,26,31-32,35H,2-13,16H2,1H3,(H,29,30). The molecule has 4 atom stereocenters. The molecule has 0 spiro atoms. The van der Waals surface area contributed by atoms with Crippen LogP contribution in [0.4, 0.5) is 4.39 Å². The van der Waals surface area contributed by atoms with E-state index < -0.39 is 5.82 Å². The van der Waals surface area contributed by atoms with Gasteiger partial charge in [0, 0.05) is 38.6 Å². The van der Waals surface area contributed by atoms with E-state index >= 15 is 0 Å². The monoisotopic (exact) mass is 482 g/mol. The van der Waals surface area contributed by atoms with Gasteiger partial charge in [-0.1, -0.05) is 6.92 Å². The van der Waals surface area contributed by atoms with Gasteiger partial charge in [0.2, 0.25) is 0 Å². The second-order valence-electron chi connectivity index (χ2n) is 11.0. The van der Waals surface area contributed by atoms with Crippen LogP contribution in [0.2, 0.25) is 0 Å². The van der Waals surface area contributed by atoms with Crippen molar-refractivity contribution in [2.24, 2.45) is 5.92 Å². The highest BCUT2D eigenvalue weighted by Crippen LogP contribution is 2.44. The number of hydrogen-bond donors (Lipinski definition) is 4. The van der Waals surface area contributed by atoms with Crippen molar-refractivity contribution >= 4 is 0 Å². The maximum Gasteiger partial charge on any atom is 0.165 e. The minimum Gasteiger partial charge on any atom is -0.505 e. The van der Waals surface area contributed by atoms with Crippen molar-refractivity contribution in [3.05, 3.63) is 46.3 Å². The van der Waals surface area contributed by atoms with Crippen molar-refractivity contribution in [1.82, 2.24) is 30.6 Å². The van der Waals surface area contributed by atoms with Gasteiger partial charge in [-0.3, -0.25) is 10.3 Å². The molecule has 0 amide bonds. The smallest absolute Gasteiger partial charge is 0.165 e. The van der Waals surface area contributed by atoms with Gasteiger partial charge in [-0.15, -0.1) is 0 Å². The number of hydrogen-bond acceptors (Lipinski definition) is 6. The lowest BCUT2D eigenvalue weighted by Crippen LogP contribution is -2.37. The number of fused-ring (bicyclic) bond motifs is 2. The van der Waals surface area contributed by atoms with Gasteiger partial charge in [-0.05, 0) is 86.7 Å². The molecule has 3 fully saturated rings. The van der Waals surface area contributed by atoms with Crippen LogP contribution >= 0.6 is 0 Å². The largest absolute Gasteiger partial charge is 0.505 e. The molecule has 1 saturated carbocycles. The molecule has 4 N–H and O–H groups in total. The van der Waals surface area contributed by atoms with Crippen LogP contribution in [0, 0.1) is 11.7 Å². The number of nitrogens with zero attached hydrogens (tertiary/aromatic N) is 3. The third-order valence-electron chi connectivity index (χ3n) is 8.94. The molecule has 0 radical (unpaired) electrons. The van der Waals surface area contributed by atoms with E-state index in [-0.39, 0.29) is 11.8 Å². The Bertz CT molecular complexity index is 1050. The zero-order valence-electron chi connectivity index (χ0n) is 20.8. The first-order chi connectivity index (χ1) is 17.1. The molecule has 3 aliphatic heterocycles. The van der Waals surface area contributed by atoms with Crippen LogP contribution < -0.4 is 10.9 Å². The van der Waals surface area contributed by atoms with Crippen molar-refractivity contribution in [2.45, 2.75) is 76.4 Å². The topological polar surface area (TPSA) is 79.4 Å². The number of imidazole rings is 1. The summed E-state index contributed by atoms with van der Waals surface area (Å²) in [6, 6.07) is 3.70. The van der Waals surface area contributed by atoms with Gasteiger partial charge >= 0.3 is 0 Å². The number of nitrogens with one attached hydrogen (secondary N) is 3. The van der Waals surface area contributed by atoms with Gasteiger partial charge in [0.1, 0.15) is 5.82 Å². The highest BCUT2D eigenvalue weighted by atomic mass is 19.1. The molecule has 0 bridgehead atoms. The van der Waals surface area contributed by atoms with E-state index in [1.54, 1.807) is 12.1 Å². The number of H-pyrrole nitrogens is 1. The molecule has 7 nitrogen and oxygen atoms in total. The number of rotatable bonds is 6. The average molecular weight is 483 g/mol. The minimum atomic E-state index is -0.509. The number of aromatic amines is 1. The van der Waals surface area contributed by atoms with E-state index in [0.717, 1.165) is 68.7 Å². The molecule has 190 valence electrons. The summed E-state index contributed by atoms with van der Waals surface area (Å²) in [4.78, 5) is 13.9. The zero-order chi connectivity index (χ0) is 23.9. The van der Waals surface area contributed by atoms with Crippen molar-refractivity contribution < 1.29 is 9.50 Å². The predicted octanol–water partition coefficient (Wildman–Crippen LogP) is 3.37. The fourth-order valence-corrected chi connectivity index (χ4v) is 6.92. The number of likely N-dealkylation sites (tertiary alicyclic amines) is 1. The van der Waals surface area contributed by atoms with Crippen LogP contribution in [0.25, 0.3) is 0 Å². The number of aryl methyl sites for hydroxylation is 1. The van der Waals surface area contributed by atoms with Crippen LogP contribution in [0.15, 0.2) is 12.1 Å². The number of benzene rings is 1. The van der Waals surface area contributed by atoms with Crippen molar-refractivity contribution in [3.8, 4) is 5.75 Å². The molecular weight excluding hydrogens is 443 g/mol. The average Bonchev–Trinajstić information content (AvgIpc) is 3.62. The SMILES string of the molecule is CCc1cc(O)c(F)cc1C1CCC2C(C1)NNC2c1nc2c([nH]1)CN(CCN1CCCC1)CC2. The number of phenols is 1. The van der Waals surface area contributed by atoms with Gasteiger partial charge in [0.15, 0.2) is 11.6 Å². The second kappa shape index (κ2) is 9.81. The van der Waals surface area contributed by atoms with Crippen LogP contribution in [0.5, 0.6) is 5.75 Å². The Balaban J connectivity index is 1.10. The Morgan fingerprint density at radius 3 is 2.74 bits per heavy atom. The van der Waals surface area contributed by atoms with Crippen molar-refractivity contribution in [2.75, 3.05) is 32.7 Å². The van der Waals surface area contributed by atoms with Crippen LogP contribution in [-0.2, 0) is 19.4 Å². The molecule has 35 heavy (non-hydrogen) atoms. The third kappa shape index (κ3) is 4.61. The Kier molecular flexibility index (Phi) is 6.56. The molecule has 2 aromatic rings. The molecule has 1 aromatic heterocycles. The van der Waals surface area contributed by atoms with Crippen molar-refractivity contribution in [1.29, 1.82) is 0 Å². The summed E-state index contributed by atoms with van der Waals surface area (Å²) >= 11 is 0. The zero-order valence-corrected chi connectivity index (χ0v) is 20.8. The van der Waals surface area contributed by atoms with E-state index in [1.807, 2.05) is 0 Å². The molecule has 6 rings (SSSR count). The number of aromatic hydroxyl groups is 1. The summed E-state index contributed by atoms with van der Waals surface area (Å²) < 4.78 is 14.2. The van der Waals surface area contributed by atoms with E-state index in [0.29, 0.717) is 17.9 Å². The highest BCUT2D eigenvalue weighted by molar-refractivity contribution is 5.39. The second-order valence-corrected chi connectivity index (χ2v) is 11.0. The minimum absolute atomic E-state index is 0.187. The Morgan fingerprint density at radius 1 is 1.09 bits per heavy atom. The fraction of sp³-hybridized carbons (Fsp3) is 0.667. The first kappa shape index (κ1) is 23.4. The lowest BCUT2D eigenvalue weighted by atomic mass is 9.73. The van der Waals surface area contributed by atoms with Gasteiger partial charge in [0.05, 0.1) is 17.4 Å². The molecular formula is C27H39FN6O. The summed E-state index contributed by atoms with van der Waals surface area (Å²) in [5, 5.41) is 9.82. The van der Waals surface area contributed by atoms with E-state index in [2.05, 4.69) is 32.6 Å². The maximum atomic E-state index is 14.2. The number of halogens is 1.